The van der Waals surface area contributed by atoms with Gasteiger partial charge in [-0.2, -0.15) is 0 Å². The van der Waals surface area contributed by atoms with E-state index in [9.17, 15) is 4.79 Å². The Balaban J connectivity index is 2.22. The Kier molecular flexibility index (Phi) is 4.08. The van der Waals surface area contributed by atoms with Crippen LogP contribution in [-0.4, -0.2) is 23.3 Å². The number of thioether (sulfide) groups is 1. The fourth-order valence-electron chi connectivity index (χ4n) is 1.54. The van der Waals surface area contributed by atoms with E-state index in [2.05, 4.69) is 15.6 Å². The van der Waals surface area contributed by atoms with Gasteiger partial charge in [0, 0.05) is 10.9 Å². The summed E-state index contributed by atoms with van der Waals surface area (Å²) in [7, 11) is 0. The summed E-state index contributed by atoms with van der Waals surface area (Å²) in [5.41, 5.74) is 0.954. The predicted molar refractivity (Wildman–Crippen MR) is 78.7 cm³/mol. The van der Waals surface area contributed by atoms with Gasteiger partial charge in [-0.1, -0.05) is 17.4 Å². The quantitative estimate of drug-likeness (QED) is 0.846. The number of nitrogens with zero attached hydrogens (tertiary/aromatic N) is 1. The van der Waals surface area contributed by atoms with Gasteiger partial charge in [0.05, 0.1) is 10.2 Å². The van der Waals surface area contributed by atoms with Crippen molar-refractivity contribution in [3.63, 3.8) is 0 Å². The molecule has 1 aromatic carbocycles. The van der Waals surface area contributed by atoms with Crippen molar-refractivity contribution in [3.05, 3.63) is 18.2 Å². The van der Waals surface area contributed by atoms with Gasteiger partial charge in [0.25, 0.3) is 0 Å². The first-order chi connectivity index (χ1) is 8.60. The molecule has 0 bridgehead atoms. The standard InChI is InChI=1S/C12H15N3OS2/c1-7(2)13-11(16)15-12-14-10-8(17-3)5-4-6-9(10)18-12/h4-7H,1-3H3,(H2,13,14,15,16). The van der Waals surface area contributed by atoms with Crippen LogP contribution < -0.4 is 10.6 Å². The third-order valence-corrected chi connectivity index (χ3v) is 3.95. The lowest BCUT2D eigenvalue weighted by Crippen LogP contribution is -2.34. The second-order valence-corrected chi connectivity index (χ2v) is 5.96. The maximum absolute atomic E-state index is 11.6. The van der Waals surface area contributed by atoms with Crippen molar-refractivity contribution in [1.82, 2.24) is 10.3 Å². The van der Waals surface area contributed by atoms with Crippen LogP contribution in [0.2, 0.25) is 0 Å². The van der Waals surface area contributed by atoms with Gasteiger partial charge in [0.1, 0.15) is 0 Å². The van der Waals surface area contributed by atoms with Crippen molar-refractivity contribution in [2.24, 2.45) is 0 Å². The van der Waals surface area contributed by atoms with Gasteiger partial charge >= 0.3 is 6.03 Å². The normalized spacial score (nSPS) is 10.9. The van der Waals surface area contributed by atoms with E-state index in [0.717, 1.165) is 15.1 Å². The number of carbonyl (C=O) groups is 1. The third-order valence-electron chi connectivity index (χ3n) is 2.24. The molecule has 0 aliphatic heterocycles. The van der Waals surface area contributed by atoms with Crippen molar-refractivity contribution in [2.45, 2.75) is 24.8 Å². The summed E-state index contributed by atoms with van der Waals surface area (Å²) in [6, 6.07) is 5.95. The molecule has 0 fully saturated rings. The van der Waals surface area contributed by atoms with E-state index in [1.807, 2.05) is 38.3 Å². The lowest BCUT2D eigenvalue weighted by atomic mass is 10.3. The second-order valence-electron chi connectivity index (χ2n) is 4.08. The first kappa shape index (κ1) is 13.2. The van der Waals surface area contributed by atoms with Gasteiger partial charge in [0.15, 0.2) is 5.13 Å². The van der Waals surface area contributed by atoms with E-state index in [1.165, 1.54) is 11.3 Å². The molecular formula is C12H15N3OS2. The second kappa shape index (κ2) is 5.58. The van der Waals surface area contributed by atoms with Gasteiger partial charge in [-0.25, -0.2) is 9.78 Å². The van der Waals surface area contributed by atoms with Crippen LogP contribution in [0, 0.1) is 0 Å². The van der Waals surface area contributed by atoms with Crippen LogP contribution in [-0.2, 0) is 0 Å². The van der Waals surface area contributed by atoms with Gasteiger partial charge in [-0.15, -0.1) is 11.8 Å². The van der Waals surface area contributed by atoms with Crippen LogP contribution >= 0.6 is 23.1 Å². The molecular weight excluding hydrogens is 266 g/mol. The number of thiazole rings is 1. The zero-order valence-corrected chi connectivity index (χ0v) is 12.1. The molecule has 96 valence electrons. The Morgan fingerprint density at radius 2 is 2.22 bits per heavy atom. The molecule has 0 radical (unpaired) electrons. The van der Waals surface area contributed by atoms with Crippen LogP contribution in [0.3, 0.4) is 0 Å². The van der Waals surface area contributed by atoms with Crippen LogP contribution in [0.5, 0.6) is 0 Å². The van der Waals surface area contributed by atoms with Gasteiger partial charge < -0.3 is 5.32 Å². The molecule has 0 saturated heterocycles. The van der Waals surface area contributed by atoms with Crippen LogP contribution in [0.4, 0.5) is 9.93 Å². The number of hydrogen-bond donors (Lipinski definition) is 2. The Bertz CT molecular complexity index is 565. The molecule has 1 aromatic heterocycles. The number of fused-ring (bicyclic) bond motifs is 1. The van der Waals surface area contributed by atoms with Crippen LogP contribution in [0.25, 0.3) is 10.2 Å². The van der Waals surface area contributed by atoms with Gasteiger partial charge in [-0.05, 0) is 32.2 Å². The molecule has 2 N–H and O–H groups in total. The molecule has 2 rings (SSSR count). The number of anilines is 1. The Morgan fingerprint density at radius 1 is 1.44 bits per heavy atom. The van der Waals surface area contributed by atoms with E-state index in [0.29, 0.717) is 5.13 Å². The molecule has 1 heterocycles. The number of urea groups is 1. The van der Waals surface area contributed by atoms with E-state index in [4.69, 9.17) is 0 Å². The topological polar surface area (TPSA) is 54.0 Å². The number of benzene rings is 1. The van der Waals surface area contributed by atoms with E-state index >= 15 is 0 Å². The van der Waals surface area contributed by atoms with Crippen LogP contribution in [0.15, 0.2) is 23.1 Å². The minimum absolute atomic E-state index is 0.112. The number of carbonyl (C=O) groups excluding carboxylic acids is 1. The van der Waals surface area contributed by atoms with Crippen molar-refractivity contribution in [1.29, 1.82) is 0 Å². The van der Waals surface area contributed by atoms with Crippen molar-refractivity contribution in [3.8, 4) is 0 Å². The predicted octanol–water partition coefficient (Wildman–Crippen LogP) is 3.55. The maximum Gasteiger partial charge on any atom is 0.321 e. The maximum atomic E-state index is 11.6. The number of amides is 2. The highest BCUT2D eigenvalue weighted by Gasteiger charge is 2.10. The summed E-state index contributed by atoms with van der Waals surface area (Å²) in [4.78, 5) is 17.2. The highest BCUT2D eigenvalue weighted by molar-refractivity contribution is 7.98. The average Bonchev–Trinajstić information content (AvgIpc) is 2.69. The molecule has 6 heteroatoms. The fraction of sp³-hybridized carbons (Fsp3) is 0.333. The number of hydrogen-bond acceptors (Lipinski definition) is 4. The average molecular weight is 281 g/mol. The molecule has 0 saturated carbocycles. The molecule has 0 unspecified atom stereocenters. The van der Waals surface area contributed by atoms with Crippen LogP contribution in [0.1, 0.15) is 13.8 Å². The Labute approximate surface area is 114 Å². The number of para-hydroxylation sites is 1. The number of aromatic nitrogens is 1. The zero-order valence-electron chi connectivity index (χ0n) is 10.5. The lowest BCUT2D eigenvalue weighted by molar-refractivity contribution is 0.250. The molecule has 18 heavy (non-hydrogen) atoms. The summed E-state index contributed by atoms with van der Waals surface area (Å²) in [6.45, 7) is 3.84. The highest BCUT2D eigenvalue weighted by atomic mass is 32.2. The lowest BCUT2D eigenvalue weighted by Gasteiger charge is -2.07. The van der Waals surface area contributed by atoms with Crippen molar-refractivity contribution < 1.29 is 4.79 Å². The summed E-state index contributed by atoms with van der Waals surface area (Å²) < 4.78 is 1.08. The summed E-state index contributed by atoms with van der Waals surface area (Å²) in [6.07, 6.45) is 2.02. The van der Waals surface area contributed by atoms with E-state index < -0.39 is 0 Å². The number of nitrogens with one attached hydrogen (secondary N) is 2. The largest absolute Gasteiger partial charge is 0.336 e. The monoisotopic (exact) mass is 281 g/mol. The van der Waals surface area contributed by atoms with E-state index in [-0.39, 0.29) is 12.1 Å². The number of rotatable bonds is 3. The fourth-order valence-corrected chi connectivity index (χ4v) is 3.05. The van der Waals surface area contributed by atoms with Gasteiger partial charge in [0.2, 0.25) is 0 Å². The third kappa shape index (κ3) is 2.94. The molecule has 0 aliphatic rings. The van der Waals surface area contributed by atoms with Crippen molar-refractivity contribution in [2.75, 3.05) is 11.6 Å². The summed E-state index contributed by atoms with van der Waals surface area (Å²) >= 11 is 3.14. The zero-order chi connectivity index (χ0) is 13.1. The first-order valence-corrected chi connectivity index (χ1v) is 7.65. The first-order valence-electron chi connectivity index (χ1n) is 5.61. The van der Waals surface area contributed by atoms with Gasteiger partial charge in [-0.3, -0.25) is 5.32 Å². The summed E-state index contributed by atoms with van der Waals surface area (Å²) in [5, 5.41) is 6.17. The Morgan fingerprint density at radius 3 is 2.89 bits per heavy atom. The minimum atomic E-state index is -0.213. The molecule has 4 nitrogen and oxygen atoms in total. The molecule has 2 amide bonds. The smallest absolute Gasteiger partial charge is 0.321 e. The Hall–Kier alpha value is -1.27. The molecule has 0 aliphatic carbocycles. The van der Waals surface area contributed by atoms with E-state index in [1.54, 1.807) is 11.8 Å². The highest BCUT2D eigenvalue weighted by Crippen LogP contribution is 2.32. The molecule has 0 atom stereocenters. The molecule has 2 aromatic rings. The SMILES string of the molecule is CSc1cccc2sc(NC(=O)NC(C)C)nc12. The minimum Gasteiger partial charge on any atom is -0.336 e. The summed E-state index contributed by atoms with van der Waals surface area (Å²) in [5.74, 6) is 0. The molecule has 0 spiro atoms. The van der Waals surface area contributed by atoms with Crippen molar-refractivity contribution >= 4 is 44.5 Å².